The Bertz CT molecular complexity index is 333. The van der Waals surface area contributed by atoms with Crippen LogP contribution in [-0.2, 0) is 9.53 Å². The number of hydrogen-bond donors (Lipinski definition) is 1. The summed E-state index contributed by atoms with van der Waals surface area (Å²) in [5.41, 5.74) is 0. The molecule has 2 saturated heterocycles. The van der Waals surface area contributed by atoms with E-state index >= 15 is 0 Å². The van der Waals surface area contributed by atoms with E-state index in [0.717, 1.165) is 44.9 Å². The van der Waals surface area contributed by atoms with Gasteiger partial charge >= 0.3 is 0 Å². The van der Waals surface area contributed by atoms with Crippen LogP contribution in [0.1, 0.15) is 45.4 Å². The molecule has 1 aliphatic carbocycles. The lowest BCUT2D eigenvalue weighted by Crippen LogP contribution is -2.54. The molecule has 0 aromatic carbocycles. The van der Waals surface area contributed by atoms with Gasteiger partial charge in [0.2, 0.25) is 5.91 Å². The largest absolute Gasteiger partial charge is 0.375 e. The van der Waals surface area contributed by atoms with Crippen LogP contribution in [-0.4, -0.2) is 49.2 Å². The first-order valence-corrected chi connectivity index (χ1v) is 8.37. The van der Waals surface area contributed by atoms with Gasteiger partial charge in [0.25, 0.3) is 0 Å². The van der Waals surface area contributed by atoms with Crippen molar-refractivity contribution in [3.8, 4) is 0 Å². The second-order valence-corrected chi connectivity index (χ2v) is 6.90. The zero-order valence-electron chi connectivity index (χ0n) is 13.1. The summed E-state index contributed by atoms with van der Waals surface area (Å²) in [6, 6.07) is 0. The number of nitrogens with zero attached hydrogens (tertiary/aromatic N) is 1. The molecule has 0 spiro atoms. The van der Waals surface area contributed by atoms with E-state index in [9.17, 15) is 4.79 Å². The van der Waals surface area contributed by atoms with Gasteiger partial charge in [-0.3, -0.25) is 4.79 Å². The molecule has 3 aliphatic rings. The van der Waals surface area contributed by atoms with Crippen molar-refractivity contribution in [3.63, 3.8) is 0 Å². The minimum Gasteiger partial charge on any atom is -0.375 e. The Morgan fingerprint density at radius 2 is 1.57 bits per heavy atom. The van der Waals surface area contributed by atoms with Crippen molar-refractivity contribution >= 4 is 18.3 Å². The number of halogens is 1. The molecule has 0 aromatic heterocycles. The number of ether oxygens (including phenoxy) is 1. The van der Waals surface area contributed by atoms with E-state index in [1.807, 2.05) is 4.90 Å². The lowest BCUT2D eigenvalue weighted by Gasteiger charge is -2.38. The molecule has 122 valence electrons. The molecular formula is C16H29ClN2O2. The van der Waals surface area contributed by atoms with Gasteiger partial charge in [-0.1, -0.05) is 6.92 Å². The molecule has 4 nitrogen and oxygen atoms in total. The maximum absolute atomic E-state index is 12.2. The van der Waals surface area contributed by atoms with Crippen molar-refractivity contribution in [1.82, 2.24) is 10.2 Å². The standard InChI is InChI=1S/C16H28N2O2.ClH/c1-12-2-4-14(5-3-12)20-15-6-8-18(9-7-15)16(19)13-10-17-11-13;/h12-15,17H,2-11H2,1H3;1H. The summed E-state index contributed by atoms with van der Waals surface area (Å²) in [6.45, 7) is 5.87. The van der Waals surface area contributed by atoms with Crippen LogP contribution in [0.25, 0.3) is 0 Å². The molecule has 0 aromatic rings. The van der Waals surface area contributed by atoms with Crippen LogP contribution in [0, 0.1) is 11.8 Å². The fourth-order valence-electron chi connectivity index (χ4n) is 3.57. The fraction of sp³-hybridized carbons (Fsp3) is 0.938. The molecule has 1 saturated carbocycles. The summed E-state index contributed by atoms with van der Waals surface area (Å²) >= 11 is 0. The van der Waals surface area contributed by atoms with Crippen molar-refractivity contribution in [3.05, 3.63) is 0 Å². The van der Waals surface area contributed by atoms with Crippen molar-refractivity contribution in [2.45, 2.75) is 57.7 Å². The number of nitrogens with one attached hydrogen (secondary N) is 1. The number of piperidine rings is 1. The zero-order valence-corrected chi connectivity index (χ0v) is 13.9. The lowest BCUT2D eigenvalue weighted by atomic mass is 9.88. The first-order chi connectivity index (χ1) is 9.72. The summed E-state index contributed by atoms with van der Waals surface area (Å²) in [4.78, 5) is 14.2. The highest BCUT2D eigenvalue weighted by atomic mass is 35.5. The third-order valence-corrected chi connectivity index (χ3v) is 5.23. The second kappa shape index (κ2) is 7.80. The maximum atomic E-state index is 12.2. The molecule has 3 fully saturated rings. The zero-order chi connectivity index (χ0) is 13.9. The summed E-state index contributed by atoms with van der Waals surface area (Å²) < 4.78 is 6.26. The van der Waals surface area contributed by atoms with E-state index in [0.29, 0.717) is 18.1 Å². The van der Waals surface area contributed by atoms with Crippen LogP contribution >= 0.6 is 12.4 Å². The van der Waals surface area contributed by atoms with Gasteiger partial charge in [0, 0.05) is 26.2 Å². The van der Waals surface area contributed by atoms with Crippen LogP contribution in [0.5, 0.6) is 0 Å². The highest BCUT2D eigenvalue weighted by Crippen LogP contribution is 2.28. The average molecular weight is 317 g/mol. The van der Waals surface area contributed by atoms with Gasteiger partial charge in [-0.2, -0.15) is 0 Å². The van der Waals surface area contributed by atoms with E-state index in [-0.39, 0.29) is 18.3 Å². The Morgan fingerprint density at radius 1 is 1.00 bits per heavy atom. The third-order valence-electron chi connectivity index (χ3n) is 5.23. The second-order valence-electron chi connectivity index (χ2n) is 6.90. The molecule has 0 atom stereocenters. The Kier molecular flexibility index (Phi) is 6.33. The monoisotopic (exact) mass is 316 g/mol. The summed E-state index contributed by atoms with van der Waals surface area (Å²) in [6.07, 6.45) is 8.01. The molecule has 0 bridgehead atoms. The maximum Gasteiger partial charge on any atom is 0.228 e. The Labute approximate surface area is 134 Å². The highest BCUT2D eigenvalue weighted by molar-refractivity contribution is 5.85. The highest BCUT2D eigenvalue weighted by Gasteiger charge is 2.32. The summed E-state index contributed by atoms with van der Waals surface area (Å²) in [5.74, 6) is 1.48. The van der Waals surface area contributed by atoms with Crippen molar-refractivity contribution < 1.29 is 9.53 Å². The number of carbonyl (C=O) groups is 1. The van der Waals surface area contributed by atoms with Crippen LogP contribution in [0.4, 0.5) is 0 Å². The van der Waals surface area contributed by atoms with Crippen molar-refractivity contribution in [2.24, 2.45) is 11.8 Å². The van der Waals surface area contributed by atoms with Gasteiger partial charge in [0.15, 0.2) is 0 Å². The quantitative estimate of drug-likeness (QED) is 0.868. The molecule has 21 heavy (non-hydrogen) atoms. The molecule has 1 amide bonds. The molecular weight excluding hydrogens is 288 g/mol. The third kappa shape index (κ3) is 4.33. The number of hydrogen-bond acceptors (Lipinski definition) is 3. The van der Waals surface area contributed by atoms with E-state index in [4.69, 9.17) is 4.74 Å². The Morgan fingerprint density at radius 3 is 2.10 bits per heavy atom. The Balaban J connectivity index is 0.00000161. The normalized spacial score (nSPS) is 31.4. The van der Waals surface area contributed by atoms with Gasteiger partial charge in [0.1, 0.15) is 0 Å². The van der Waals surface area contributed by atoms with E-state index in [2.05, 4.69) is 12.2 Å². The predicted octanol–water partition coefficient (Wildman–Crippen LogP) is 2.21. The smallest absolute Gasteiger partial charge is 0.228 e. The summed E-state index contributed by atoms with van der Waals surface area (Å²) in [5, 5.41) is 3.18. The summed E-state index contributed by atoms with van der Waals surface area (Å²) in [7, 11) is 0. The van der Waals surface area contributed by atoms with Crippen molar-refractivity contribution in [2.75, 3.05) is 26.2 Å². The van der Waals surface area contributed by atoms with Crippen LogP contribution < -0.4 is 5.32 Å². The van der Waals surface area contributed by atoms with Crippen LogP contribution in [0.3, 0.4) is 0 Å². The molecule has 3 rings (SSSR count). The van der Waals surface area contributed by atoms with E-state index in [1.54, 1.807) is 0 Å². The fourth-order valence-corrected chi connectivity index (χ4v) is 3.57. The molecule has 5 heteroatoms. The average Bonchev–Trinajstić information content (AvgIpc) is 2.40. The predicted molar refractivity (Wildman–Crippen MR) is 85.7 cm³/mol. The minimum absolute atomic E-state index is 0. The van der Waals surface area contributed by atoms with Gasteiger partial charge in [-0.15, -0.1) is 12.4 Å². The van der Waals surface area contributed by atoms with Gasteiger partial charge in [-0.05, 0) is 44.4 Å². The molecule has 2 heterocycles. The van der Waals surface area contributed by atoms with E-state index < -0.39 is 0 Å². The van der Waals surface area contributed by atoms with Gasteiger partial charge in [0.05, 0.1) is 18.1 Å². The van der Waals surface area contributed by atoms with Crippen LogP contribution in [0.2, 0.25) is 0 Å². The van der Waals surface area contributed by atoms with Crippen molar-refractivity contribution in [1.29, 1.82) is 0 Å². The SMILES string of the molecule is CC1CCC(OC2CCN(C(=O)C3CNC3)CC2)CC1.Cl. The topological polar surface area (TPSA) is 41.6 Å². The first kappa shape index (κ1) is 17.0. The first-order valence-electron chi connectivity index (χ1n) is 8.37. The molecule has 1 N–H and O–H groups in total. The molecule has 0 radical (unpaired) electrons. The molecule has 2 aliphatic heterocycles. The van der Waals surface area contributed by atoms with Gasteiger partial charge < -0.3 is 15.0 Å². The van der Waals surface area contributed by atoms with E-state index in [1.165, 1.54) is 25.7 Å². The number of rotatable bonds is 3. The number of carbonyl (C=O) groups excluding carboxylic acids is 1. The Hall–Kier alpha value is -0.320. The van der Waals surface area contributed by atoms with Crippen LogP contribution in [0.15, 0.2) is 0 Å². The van der Waals surface area contributed by atoms with Gasteiger partial charge in [-0.25, -0.2) is 0 Å². The lowest BCUT2D eigenvalue weighted by molar-refractivity contribution is -0.140. The number of amides is 1. The molecule has 0 unspecified atom stereocenters. The number of likely N-dealkylation sites (tertiary alicyclic amines) is 1. The minimum atomic E-state index is 0.